The first-order valence-corrected chi connectivity index (χ1v) is 5.78. The van der Waals surface area contributed by atoms with Crippen LogP contribution in [0.25, 0.3) is 16.2 Å². The minimum absolute atomic E-state index is 0.461. The quantitative estimate of drug-likeness (QED) is 0.619. The molecular weight excluding hydrogens is 278 g/mol. The zero-order valence-corrected chi connectivity index (χ0v) is 9.92. The summed E-state index contributed by atoms with van der Waals surface area (Å²) in [5.74, 6) is 0. The van der Waals surface area contributed by atoms with Crippen LogP contribution in [0.1, 0.15) is 4.88 Å². The van der Waals surface area contributed by atoms with Gasteiger partial charge in [0.15, 0.2) is 0 Å². The van der Waals surface area contributed by atoms with Crippen LogP contribution < -0.4 is 0 Å². The number of thiophene rings is 1. The van der Waals surface area contributed by atoms with Gasteiger partial charge in [-0.25, -0.2) is 0 Å². The van der Waals surface area contributed by atoms with Crippen LogP contribution in [0.4, 0.5) is 0 Å². The Balaban J connectivity index is 2.53. The molecule has 76 valence electrons. The summed E-state index contributed by atoms with van der Waals surface area (Å²) in [6.45, 7) is 0. The molecule has 0 saturated heterocycles. The maximum atomic E-state index is 10.2. The van der Waals surface area contributed by atoms with Gasteiger partial charge < -0.3 is 0 Å². The van der Waals surface area contributed by atoms with E-state index in [0.29, 0.717) is 0 Å². The van der Waals surface area contributed by atoms with Crippen molar-refractivity contribution in [2.45, 2.75) is 0 Å². The first-order chi connectivity index (χ1) is 7.18. The smallest absolute Gasteiger partial charge is 0.235 e. The fourth-order valence-electron chi connectivity index (χ4n) is 1.27. The molecule has 0 amide bonds. The molecule has 0 radical (unpaired) electrons. The minimum Gasteiger partial charge on any atom is -0.259 e. The molecule has 5 heteroatoms. The highest BCUT2D eigenvalue weighted by molar-refractivity contribution is 9.10. The van der Waals surface area contributed by atoms with Crippen LogP contribution in [0, 0.1) is 10.1 Å². The zero-order chi connectivity index (χ0) is 10.8. The first-order valence-electron chi connectivity index (χ1n) is 4.17. The van der Waals surface area contributed by atoms with Crippen molar-refractivity contribution >= 4 is 43.4 Å². The SMILES string of the molecule is O=[N+]([O-])/C=C/c1sc2ccccc2c1Br. The summed E-state index contributed by atoms with van der Waals surface area (Å²) < 4.78 is 2.04. The van der Waals surface area contributed by atoms with Gasteiger partial charge in [-0.2, -0.15) is 0 Å². The molecule has 1 aromatic heterocycles. The van der Waals surface area contributed by atoms with E-state index < -0.39 is 4.92 Å². The van der Waals surface area contributed by atoms with E-state index >= 15 is 0 Å². The topological polar surface area (TPSA) is 43.1 Å². The summed E-state index contributed by atoms with van der Waals surface area (Å²) >= 11 is 4.97. The third-order valence-corrected chi connectivity index (χ3v) is 4.16. The van der Waals surface area contributed by atoms with Gasteiger partial charge in [0.2, 0.25) is 6.20 Å². The summed E-state index contributed by atoms with van der Waals surface area (Å²) in [6.07, 6.45) is 2.46. The van der Waals surface area contributed by atoms with Gasteiger partial charge >= 0.3 is 0 Å². The van der Waals surface area contributed by atoms with E-state index in [0.717, 1.165) is 25.6 Å². The Labute approximate surface area is 98.3 Å². The Bertz CT molecular complexity index is 547. The van der Waals surface area contributed by atoms with Gasteiger partial charge in [0.25, 0.3) is 0 Å². The Kier molecular flexibility index (Phi) is 2.83. The molecule has 1 aromatic carbocycles. The molecule has 0 aliphatic heterocycles. The average molecular weight is 284 g/mol. The molecule has 1 heterocycles. The van der Waals surface area contributed by atoms with Crippen molar-refractivity contribution in [3.8, 4) is 0 Å². The van der Waals surface area contributed by atoms with Crippen LogP contribution in [0.3, 0.4) is 0 Å². The summed E-state index contributed by atoms with van der Waals surface area (Å²) in [5.41, 5.74) is 0. The van der Waals surface area contributed by atoms with Crippen LogP contribution in [0.2, 0.25) is 0 Å². The second-order valence-electron chi connectivity index (χ2n) is 2.88. The monoisotopic (exact) mass is 283 g/mol. The molecule has 0 aliphatic rings. The number of nitrogens with zero attached hydrogens (tertiary/aromatic N) is 1. The molecule has 0 saturated carbocycles. The van der Waals surface area contributed by atoms with Gasteiger partial charge in [-0.1, -0.05) is 18.2 Å². The number of hydrogen-bond donors (Lipinski definition) is 0. The van der Waals surface area contributed by atoms with Gasteiger partial charge in [-0.05, 0) is 22.0 Å². The Morgan fingerprint density at radius 2 is 2.13 bits per heavy atom. The molecule has 2 rings (SSSR count). The number of benzene rings is 1. The highest BCUT2D eigenvalue weighted by Gasteiger charge is 2.07. The minimum atomic E-state index is -0.461. The molecule has 0 spiro atoms. The molecule has 0 aliphatic carbocycles. The fourth-order valence-corrected chi connectivity index (χ4v) is 3.11. The van der Waals surface area contributed by atoms with Gasteiger partial charge in [-0.15, -0.1) is 11.3 Å². The number of nitro groups is 1. The van der Waals surface area contributed by atoms with Crippen LogP contribution in [0.5, 0.6) is 0 Å². The molecular formula is C10H6BrNO2S. The van der Waals surface area contributed by atoms with Gasteiger partial charge in [0, 0.05) is 25.5 Å². The second kappa shape index (κ2) is 4.12. The predicted octanol–water partition coefficient (Wildman–Crippen LogP) is 3.91. The lowest BCUT2D eigenvalue weighted by atomic mass is 10.2. The fraction of sp³-hybridized carbons (Fsp3) is 0. The molecule has 0 unspecified atom stereocenters. The van der Waals surface area contributed by atoms with Gasteiger partial charge in [0.1, 0.15) is 0 Å². The Morgan fingerprint density at radius 3 is 2.80 bits per heavy atom. The molecule has 0 bridgehead atoms. The largest absolute Gasteiger partial charge is 0.259 e. The van der Waals surface area contributed by atoms with E-state index in [1.165, 1.54) is 17.4 Å². The highest BCUT2D eigenvalue weighted by atomic mass is 79.9. The van der Waals surface area contributed by atoms with E-state index in [4.69, 9.17) is 0 Å². The molecule has 2 aromatic rings. The third-order valence-electron chi connectivity index (χ3n) is 1.91. The van der Waals surface area contributed by atoms with E-state index in [-0.39, 0.29) is 0 Å². The van der Waals surface area contributed by atoms with E-state index in [1.54, 1.807) is 0 Å². The number of hydrogen-bond acceptors (Lipinski definition) is 3. The van der Waals surface area contributed by atoms with Crippen molar-refractivity contribution in [3.63, 3.8) is 0 Å². The summed E-state index contributed by atoms with van der Waals surface area (Å²) in [5, 5.41) is 11.3. The van der Waals surface area contributed by atoms with Gasteiger partial charge in [0.05, 0.1) is 4.92 Å². The van der Waals surface area contributed by atoms with Crippen LogP contribution in [-0.4, -0.2) is 4.92 Å². The summed E-state index contributed by atoms with van der Waals surface area (Å²) in [7, 11) is 0. The standard InChI is InChI=1S/C10H6BrNO2S/c11-10-7-3-1-2-4-8(7)15-9(10)5-6-12(13)14/h1-6H/b6-5+. The van der Waals surface area contributed by atoms with Crippen molar-refractivity contribution in [3.05, 3.63) is 49.9 Å². The van der Waals surface area contributed by atoms with Crippen LogP contribution in [-0.2, 0) is 0 Å². The average Bonchev–Trinajstić information content (AvgIpc) is 2.54. The molecule has 0 N–H and O–H groups in total. The van der Waals surface area contributed by atoms with E-state index in [2.05, 4.69) is 15.9 Å². The molecule has 3 nitrogen and oxygen atoms in total. The molecule has 0 fully saturated rings. The summed E-state index contributed by atoms with van der Waals surface area (Å²) in [4.78, 5) is 10.6. The van der Waals surface area contributed by atoms with E-state index in [1.807, 2.05) is 24.3 Å². The zero-order valence-electron chi connectivity index (χ0n) is 7.51. The van der Waals surface area contributed by atoms with Crippen molar-refractivity contribution < 1.29 is 4.92 Å². The molecule has 0 atom stereocenters. The van der Waals surface area contributed by atoms with Crippen molar-refractivity contribution in [1.82, 2.24) is 0 Å². The normalized spacial score (nSPS) is 11.3. The van der Waals surface area contributed by atoms with Crippen molar-refractivity contribution in [2.75, 3.05) is 0 Å². The number of fused-ring (bicyclic) bond motifs is 1. The lowest BCUT2D eigenvalue weighted by molar-refractivity contribution is -0.400. The number of halogens is 1. The summed E-state index contributed by atoms with van der Waals surface area (Å²) in [6, 6.07) is 7.88. The second-order valence-corrected chi connectivity index (χ2v) is 4.75. The van der Waals surface area contributed by atoms with Crippen molar-refractivity contribution in [1.29, 1.82) is 0 Å². The van der Waals surface area contributed by atoms with Crippen LogP contribution >= 0.6 is 27.3 Å². The van der Waals surface area contributed by atoms with Crippen molar-refractivity contribution in [2.24, 2.45) is 0 Å². The third kappa shape index (κ3) is 2.08. The Morgan fingerprint density at radius 1 is 1.40 bits per heavy atom. The number of rotatable bonds is 2. The molecule has 15 heavy (non-hydrogen) atoms. The Hall–Kier alpha value is -1.20. The maximum absolute atomic E-state index is 10.2. The lowest BCUT2D eigenvalue weighted by Gasteiger charge is -1.87. The predicted molar refractivity (Wildman–Crippen MR) is 65.6 cm³/mol. The maximum Gasteiger partial charge on any atom is 0.235 e. The van der Waals surface area contributed by atoms with Crippen LogP contribution in [0.15, 0.2) is 34.9 Å². The first kappa shape index (κ1) is 10.3. The highest BCUT2D eigenvalue weighted by Crippen LogP contribution is 2.36. The van der Waals surface area contributed by atoms with E-state index in [9.17, 15) is 10.1 Å². The lowest BCUT2D eigenvalue weighted by Crippen LogP contribution is -1.80. The van der Waals surface area contributed by atoms with Gasteiger partial charge in [-0.3, -0.25) is 10.1 Å².